The molecule has 0 bridgehead atoms. The van der Waals surface area contributed by atoms with Gasteiger partial charge in [0.05, 0.1) is 5.69 Å². The molecule has 1 rings (SSSR count). The van der Waals surface area contributed by atoms with Gasteiger partial charge in [-0.3, -0.25) is 9.48 Å². The van der Waals surface area contributed by atoms with Crippen LogP contribution in [0.1, 0.15) is 43.1 Å². The first-order valence-corrected chi connectivity index (χ1v) is 6.32. The van der Waals surface area contributed by atoms with Gasteiger partial charge in [0.1, 0.15) is 0 Å². The summed E-state index contributed by atoms with van der Waals surface area (Å²) in [5.74, 6) is 0.140. The maximum Gasteiger partial charge on any atom is 0.220 e. The minimum atomic E-state index is 0.140. The zero-order valence-corrected chi connectivity index (χ0v) is 11.3. The van der Waals surface area contributed by atoms with Crippen LogP contribution in [0.5, 0.6) is 0 Å². The van der Waals surface area contributed by atoms with Gasteiger partial charge in [0.25, 0.3) is 0 Å². The fraction of sp³-hybridized carbons (Fsp3) is 0.692. The average molecular weight is 237 g/mol. The molecule has 0 unspecified atom stereocenters. The molecule has 1 aromatic rings. The summed E-state index contributed by atoms with van der Waals surface area (Å²) in [7, 11) is 1.94. The second kappa shape index (κ2) is 6.42. The van der Waals surface area contributed by atoms with E-state index in [2.05, 4.69) is 17.3 Å². The van der Waals surface area contributed by atoms with Gasteiger partial charge in [-0.2, -0.15) is 5.10 Å². The number of nitrogens with one attached hydrogen (secondary N) is 1. The third-order valence-electron chi connectivity index (χ3n) is 3.11. The van der Waals surface area contributed by atoms with Gasteiger partial charge < -0.3 is 5.32 Å². The highest BCUT2D eigenvalue weighted by atomic mass is 16.1. The number of unbranched alkanes of at least 4 members (excludes halogenated alkanes) is 1. The van der Waals surface area contributed by atoms with E-state index in [0.29, 0.717) is 6.42 Å². The van der Waals surface area contributed by atoms with Gasteiger partial charge in [-0.1, -0.05) is 13.3 Å². The van der Waals surface area contributed by atoms with Crippen molar-refractivity contribution in [2.45, 2.75) is 46.5 Å². The van der Waals surface area contributed by atoms with Crippen LogP contribution in [0, 0.1) is 13.8 Å². The lowest BCUT2D eigenvalue weighted by Crippen LogP contribution is -2.24. The van der Waals surface area contributed by atoms with E-state index in [9.17, 15) is 4.79 Å². The lowest BCUT2D eigenvalue weighted by Gasteiger charge is -2.04. The van der Waals surface area contributed by atoms with Crippen molar-refractivity contribution in [1.82, 2.24) is 15.1 Å². The van der Waals surface area contributed by atoms with E-state index >= 15 is 0 Å². The number of amides is 1. The van der Waals surface area contributed by atoms with E-state index in [1.165, 1.54) is 5.56 Å². The predicted molar refractivity (Wildman–Crippen MR) is 68.9 cm³/mol. The first kappa shape index (κ1) is 13.7. The molecule has 0 saturated carbocycles. The largest absolute Gasteiger partial charge is 0.356 e. The number of aryl methyl sites for hydroxylation is 2. The maximum absolute atomic E-state index is 11.6. The predicted octanol–water partition coefficient (Wildman–Crippen LogP) is 1.89. The number of rotatable bonds is 6. The lowest BCUT2D eigenvalue weighted by molar-refractivity contribution is -0.121. The van der Waals surface area contributed by atoms with E-state index < -0.39 is 0 Å². The molecule has 4 heteroatoms. The molecule has 96 valence electrons. The third-order valence-corrected chi connectivity index (χ3v) is 3.11. The minimum Gasteiger partial charge on any atom is -0.356 e. The monoisotopic (exact) mass is 237 g/mol. The van der Waals surface area contributed by atoms with Crippen LogP contribution in [0.4, 0.5) is 0 Å². The van der Waals surface area contributed by atoms with Gasteiger partial charge in [0.2, 0.25) is 5.91 Å². The van der Waals surface area contributed by atoms with Gasteiger partial charge in [-0.05, 0) is 32.3 Å². The van der Waals surface area contributed by atoms with E-state index in [1.54, 1.807) is 0 Å². The Hall–Kier alpha value is -1.32. The van der Waals surface area contributed by atoms with Crippen molar-refractivity contribution in [2.75, 3.05) is 6.54 Å². The molecular weight excluding hydrogens is 214 g/mol. The van der Waals surface area contributed by atoms with Crippen LogP contribution in [-0.2, 0) is 18.3 Å². The molecule has 0 spiro atoms. The average Bonchev–Trinajstić information content (AvgIpc) is 2.51. The van der Waals surface area contributed by atoms with Gasteiger partial charge in [0, 0.05) is 25.7 Å². The molecule has 0 aliphatic carbocycles. The molecule has 1 aromatic heterocycles. The summed E-state index contributed by atoms with van der Waals surface area (Å²) in [5, 5.41) is 7.28. The van der Waals surface area contributed by atoms with Gasteiger partial charge in [0.15, 0.2) is 0 Å². The highest BCUT2D eigenvalue weighted by Gasteiger charge is 2.10. The number of carbonyl (C=O) groups excluding carboxylic acids is 1. The van der Waals surface area contributed by atoms with Crippen molar-refractivity contribution in [3.8, 4) is 0 Å². The summed E-state index contributed by atoms with van der Waals surface area (Å²) >= 11 is 0. The Labute approximate surface area is 103 Å². The second-order valence-corrected chi connectivity index (χ2v) is 4.48. The Morgan fingerprint density at radius 1 is 1.41 bits per heavy atom. The van der Waals surface area contributed by atoms with Crippen molar-refractivity contribution in [3.05, 3.63) is 17.0 Å². The number of hydrogen-bond acceptors (Lipinski definition) is 2. The van der Waals surface area contributed by atoms with Crippen molar-refractivity contribution in [3.63, 3.8) is 0 Å². The molecule has 0 aromatic carbocycles. The Kier molecular flexibility index (Phi) is 5.19. The molecule has 1 amide bonds. The summed E-state index contributed by atoms with van der Waals surface area (Å²) < 4.78 is 1.87. The molecule has 0 aliphatic rings. The van der Waals surface area contributed by atoms with Gasteiger partial charge in [-0.25, -0.2) is 0 Å². The molecule has 1 heterocycles. The Balaban J connectivity index is 2.42. The SMILES string of the molecule is CCCCNC(=O)CCc1c(C)nn(C)c1C. The zero-order chi connectivity index (χ0) is 12.8. The van der Waals surface area contributed by atoms with E-state index in [-0.39, 0.29) is 5.91 Å². The smallest absolute Gasteiger partial charge is 0.220 e. The van der Waals surface area contributed by atoms with E-state index in [0.717, 1.165) is 37.2 Å². The second-order valence-electron chi connectivity index (χ2n) is 4.48. The van der Waals surface area contributed by atoms with Crippen molar-refractivity contribution in [1.29, 1.82) is 0 Å². The molecule has 17 heavy (non-hydrogen) atoms. The summed E-state index contributed by atoms with van der Waals surface area (Å²) in [6.07, 6.45) is 3.50. The number of nitrogens with zero attached hydrogens (tertiary/aromatic N) is 2. The summed E-state index contributed by atoms with van der Waals surface area (Å²) in [4.78, 5) is 11.6. The van der Waals surface area contributed by atoms with Crippen molar-refractivity contribution < 1.29 is 4.79 Å². The molecule has 1 N–H and O–H groups in total. The Morgan fingerprint density at radius 3 is 2.65 bits per heavy atom. The summed E-state index contributed by atoms with van der Waals surface area (Å²) in [5.41, 5.74) is 3.40. The fourth-order valence-corrected chi connectivity index (χ4v) is 1.91. The maximum atomic E-state index is 11.6. The van der Waals surface area contributed by atoms with Crippen LogP contribution in [0.15, 0.2) is 0 Å². The van der Waals surface area contributed by atoms with Gasteiger partial charge >= 0.3 is 0 Å². The van der Waals surface area contributed by atoms with Crippen LogP contribution in [-0.4, -0.2) is 22.2 Å². The molecule has 0 aliphatic heterocycles. The minimum absolute atomic E-state index is 0.140. The van der Waals surface area contributed by atoms with E-state index in [1.807, 2.05) is 25.6 Å². The number of carbonyl (C=O) groups is 1. The normalized spacial score (nSPS) is 10.6. The lowest BCUT2D eigenvalue weighted by atomic mass is 10.1. The Bertz CT molecular complexity index is 382. The summed E-state index contributed by atoms with van der Waals surface area (Å²) in [6.45, 7) is 6.95. The first-order valence-electron chi connectivity index (χ1n) is 6.32. The molecule has 0 fully saturated rings. The molecule has 0 saturated heterocycles. The van der Waals surface area contributed by atoms with Crippen LogP contribution >= 0.6 is 0 Å². The highest BCUT2D eigenvalue weighted by molar-refractivity contribution is 5.76. The molecule has 4 nitrogen and oxygen atoms in total. The van der Waals surface area contributed by atoms with E-state index in [4.69, 9.17) is 0 Å². The van der Waals surface area contributed by atoms with Crippen molar-refractivity contribution in [2.24, 2.45) is 7.05 Å². The fourth-order valence-electron chi connectivity index (χ4n) is 1.91. The third kappa shape index (κ3) is 3.88. The quantitative estimate of drug-likeness (QED) is 0.768. The number of aromatic nitrogens is 2. The summed E-state index contributed by atoms with van der Waals surface area (Å²) in [6, 6.07) is 0. The first-order chi connectivity index (χ1) is 8.06. The standard InChI is InChI=1S/C13H23N3O/c1-5-6-9-14-13(17)8-7-12-10(2)15-16(4)11(12)3/h5-9H2,1-4H3,(H,14,17). The molecular formula is C13H23N3O. The van der Waals surface area contributed by atoms with Crippen LogP contribution < -0.4 is 5.32 Å². The van der Waals surface area contributed by atoms with Crippen LogP contribution in [0.2, 0.25) is 0 Å². The van der Waals surface area contributed by atoms with Crippen LogP contribution in [0.3, 0.4) is 0 Å². The molecule has 0 radical (unpaired) electrons. The molecule has 0 atom stereocenters. The van der Waals surface area contributed by atoms with Gasteiger partial charge in [-0.15, -0.1) is 0 Å². The Morgan fingerprint density at radius 2 is 2.12 bits per heavy atom. The topological polar surface area (TPSA) is 46.9 Å². The zero-order valence-electron chi connectivity index (χ0n) is 11.3. The van der Waals surface area contributed by atoms with Crippen LogP contribution in [0.25, 0.3) is 0 Å². The van der Waals surface area contributed by atoms with Crippen molar-refractivity contribution >= 4 is 5.91 Å². The highest BCUT2D eigenvalue weighted by Crippen LogP contribution is 2.13. The number of hydrogen-bond donors (Lipinski definition) is 1.